The van der Waals surface area contributed by atoms with Crippen LogP contribution in [-0.4, -0.2) is 23.8 Å². The van der Waals surface area contributed by atoms with Gasteiger partial charge in [-0.05, 0) is 11.6 Å². The van der Waals surface area contributed by atoms with Gasteiger partial charge in [0.1, 0.15) is 16.9 Å². The van der Waals surface area contributed by atoms with Gasteiger partial charge in [0.05, 0.1) is 19.7 Å². The third-order valence-electron chi connectivity index (χ3n) is 2.52. The average molecular weight is 255 g/mol. The molecule has 2 rings (SSSR count). The summed E-state index contributed by atoms with van der Waals surface area (Å²) >= 11 is 5.85. The summed E-state index contributed by atoms with van der Waals surface area (Å²) in [6, 6.07) is 3.28. The molecule has 0 aliphatic rings. The van der Waals surface area contributed by atoms with E-state index in [4.69, 9.17) is 21.1 Å². The van der Waals surface area contributed by atoms with Gasteiger partial charge < -0.3 is 9.47 Å². The molecule has 0 amide bonds. The molecule has 1 aromatic heterocycles. The zero-order valence-corrected chi connectivity index (χ0v) is 10.4. The van der Waals surface area contributed by atoms with Crippen molar-refractivity contribution in [2.45, 2.75) is 0 Å². The molecule has 0 N–H and O–H groups in total. The van der Waals surface area contributed by atoms with Crippen LogP contribution in [-0.2, 0) is 7.05 Å². The molecular formula is C11H11ClN2O3. The summed E-state index contributed by atoms with van der Waals surface area (Å²) in [5.74, 6) is 0.982. The Hall–Kier alpha value is -1.75. The lowest BCUT2D eigenvalue weighted by atomic mass is 10.2. The van der Waals surface area contributed by atoms with Crippen molar-refractivity contribution in [2.75, 3.05) is 14.2 Å². The van der Waals surface area contributed by atoms with Crippen molar-refractivity contribution < 1.29 is 9.47 Å². The second-order valence-corrected chi connectivity index (χ2v) is 3.81. The van der Waals surface area contributed by atoms with Gasteiger partial charge in [-0.3, -0.25) is 9.36 Å². The van der Waals surface area contributed by atoms with Crippen LogP contribution in [0.4, 0.5) is 0 Å². The Kier molecular flexibility index (Phi) is 2.93. The summed E-state index contributed by atoms with van der Waals surface area (Å²) in [7, 11) is 4.58. The average Bonchev–Trinajstić information content (AvgIpc) is 2.34. The van der Waals surface area contributed by atoms with Crippen molar-refractivity contribution in [3.05, 3.63) is 27.8 Å². The van der Waals surface area contributed by atoms with Gasteiger partial charge in [0, 0.05) is 19.2 Å². The van der Waals surface area contributed by atoms with Gasteiger partial charge in [-0.25, -0.2) is 4.98 Å². The van der Waals surface area contributed by atoms with Crippen LogP contribution in [0.25, 0.3) is 10.9 Å². The predicted molar refractivity (Wildman–Crippen MR) is 65.1 cm³/mol. The molecule has 0 saturated carbocycles. The number of rotatable bonds is 2. The second kappa shape index (κ2) is 4.25. The number of hydrogen-bond acceptors (Lipinski definition) is 4. The first-order chi connectivity index (χ1) is 8.08. The largest absolute Gasteiger partial charge is 0.497 e. The van der Waals surface area contributed by atoms with Crippen LogP contribution >= 0.6 is 11.6 Å². The SMILES string of the molecule is COc1cc(OC)c2c(=O)n(C)c(Cl)nc2c1. The fraction of sp³-hybridized carbons (Fsp3) is 0.273. The van der Waals surface area contributed by atoms with E-state index in [1.54, 1.807) is 19.2 Å². The van der Waals surface area contributed by atoms with E-state index in [9.17, 15) is 4.79 Å². The molecule has 1 heterocycles. The predicted octanol–water partition coefficient (Wildman–Crippen LogP) is 1.60. The lowest BCUT2D eigenvalue weighted by Crippen LogP contribution is -2.19. The van der Waals surface area contributed by atoms with Crippen molar-refractivity contribution in [3.8, 4) is 11.5 Å². The number of aromatic nitrogens is 2. The van der Waals surface area contributed by atoms with E-state index in [0.29, 0.717) is 22.4 Å². The Balaban J connectivity index is 2.95. The highest BCUT2D eigenvalue weighted by Gasteiger charge is 2.13. The molecule has 17 heavy (non-hydrogen) atoms. The molecule has 2 aromatic rings. The third-order valence-corrected chi connectivity index (χ3v) is 2.86. The van der Waals surface area contributed by atoms with E-state index in [2.05, 4.69) is 4.98 Å². The van der Waals surface area contributed by atoms with Crippen molar-refractivity contribution in [1.29, 1.82) is 0 Å². The molecule has 0 unspecified atom stereocenters. The molecule has 0 spiro atoms. The normalized spacial score (nSPS) is 10.6. The number of methoxy groups -OCH3 is 2. The molecule has 0 saturated heterocycles. The zero-order chi connectivity index (χ0) is 12.6. The van der Waals surface area contributed by atoms with E-state index >= 15 is 0 Å². The van der Waals surface area contributed by atoms with E-state index in [1.807, 2.05) is 0 Å². The lowest BCUT2D eigenvalue weighted by molar-refractivity contribution is 0.397. The van der Waals surface area contributed by atoms with Gasteiger partial charge in [0.15, 0.2) is 0 Å². The van der Waals surface area contributed by atoms with Crippen LogP contribution < -0.4 is 15.0 Å². The summed E-state index contributed by atoms with van der Waals surface area (Å²) in [4.78, 5) is 16.2. The van der Waals surface area contributed by atoms with Crippen molar-refractivity contribution in [1.82, 2.24) is 9.55 Å². The monoisotopic (exact) mass is 254 g/mol. The Bertz CT molecular complexity index is 637. The lowest BCUT2D eigenvalue weighted by Gasteiger charge is -2.09. The smallest absolute Gasteiger partial charge is 0.265 e. The van der Waals surface area contributed by atoms with Gasteiger partial charge in [-0.2, -0.15) is 0 Å². The molecule has 0 bridgehead atoms. The van der Waals surface area contributed by atoms with Crippen LogP contribution in [0.5, 0.6) is 11.5 Å². The fourth-order valence-corrected chi connectivity index (χ4v) is 1.75. The number of benzene rings is 1. The third kappa shape index (κ3) is 1.82. The Morgan fingerprint density at radius 2 is 2.00 bits per heavy atom. The Morgan fingerprint density at radius 1 is 1.29 bits per heavy atom. The first kappa shape index (κ1) is 11.7. The summed E-state index contributed by atoms with van der Waals surface area (Å²) in [6.45, 7) is 0. The molecule has 90 valence electrons. The van der Waals surface area contributed by atoms with Crippen molar-refractivity contribution in [2.24, 2.45) is 7.05 Å². The Morgan fingerprint density at radius 3 is 2.59 bits per heavy atom. The van der Waals surface area contributed by atoms with Gasteiger partial charge >= 0.3 is 0 Å². The summed E-state index contributed by atoms with van der Waals surface area (Å²) in [5.41, 5.74) is 0.203. The number of ether oxygens (including phenoxy) is 2. The fourth-order valence-electron chi connectivity index (χ4n) is 1.58. The summed E-state index contributed by atoms with van der Waals surface area (Å²) < 4.78 is 11.5. The highest BCUT2D eigenvalue weighted by atomic mass is 35.5. The molecule has 0 fully saturated rings. The first-order valence-electron chi connectivity index (χ1n) is 4.86. The molecule has 0 radical (unpaired) electrons. The minimum Gasteiger partial charge on any atom is -0.497 e. The maximum absolute atomic E-state index is 12.0. The van der Waals surface area contributed by atoms with Crippen LogP contribution in [0.1, 0.15) is 0 Å². The van der Waals surface area contributed by atoms with E-state index < -0.39 is 0 Å². The van der Waals surface area contributed by atoms with Crippen LogP contribution in [0, 0.1) is 0 Å². The van der Waals surface area contributed by atoms with E-state index in [1.165, 1.54) is 18.8 Å². The van der Waals surface area contributed by atoms with Gasteiger partial charge in [-0.1, -0.05) is 0 Å². The van der Waals surface area contributed by atoms with E-state index in [0.717, 1.165) is 0 Å². The first-order valence-corrected chi connectivity index (χ1v) is 5.24. The maximum atomic E-state index is 12.0. The van der Waals surface area contributed by atoms with Crippen molar-refractivity contribution in [3.63, 3.8) is 0 Å². The molecular weight excluding hydrogens is 244 g/mol. The highest BCUT2D eigenvalue weighted by molar-refractivity contribution is 6.28. The molecule has 0 aliphatic carbocycles. The molecule has 0 atom stereocenters. The number of nitrogens with zero attached hydrogens (tertiary/aromatic N) is 2. The Labute approximate surface area is 103 Å². The summed E-state index contributed by atoms with van der Waals surface area (Å²) in [5, 5.41) is 0.512. The second-order valence-electron chi connectivity index (χ2n) is 3.47. The van der Waals surface area contributed by atoms with Crippen LogP contribution in [0.15, 0.2) is 16.9 Å². The van der Waals surface area contributed by atoms with Gasteiger partial charge in [-0.15, -0.1) is 0 Å². The molecule has 6 heteroatoms. The van der Waals surface area contributed by atoms with Gasteiger partial charge in [0.2, 0.25) is 5.28 Å². The van der Waals surface area contributed by atoms with Crippen LogP contribution in [0.2, 0.25) is 5.28 Å². The topological polar surface area (TPSA) is 53.4 Å². The minimum atomic E-state index is -0.250. The van der Waals surface area contributed by atoms with Gasteiger partial charge in [0.25, 0.3) is 5.56 Å². The summed E-state index contributed by atoms with van der Waals surface area (Å²) in [6.07, 6.45) is 0. The van der Waals surface area contributed by atoms with E-state index in [-0.39, 0.29) is 10.8 Å². The maximum Gasteiger partial charge on any atom is 0.265 e. The molecule has 1 aromatic carbocycles. The van der Waals surface area contributed by atoms with Crippen LogP contribution in [0.3, 0.4) is 0 Å². The minimum absolute atomic E-state index is 0.123. The van der Waals surface area contributed by atoms with Crippen molar-refractivity contribution >= 4 is 22.5 Å². The quantitative estimate of drug-likeness (QED) is 0.764. The number of hydrogen-bond donors (Lipinski definition) is 0. The highest BCUT2D eigenvalue weighted by Crippen LogP contribution is 2.28. The molecule has 5 nitrogen and oxygen atoms in total. The number of fused-ring (bicyclic) bond motifs is 1. The number of halogens is 1. The standard InChI is InChI=1S/C11H11ClN2O3/c1-14-10(15)9-7(13-11(14)12)4-6(16-2)5-8(9)17-3/h4-5H,1-3H3. The zero-order valence-electron chi connectivity index (χ0n) is 9.65. The molecule has 0 aliphatic heterocycles.